The molecule has 20 heavy (non-hydrogen) atoms. The van der Waals surface area contributed by atoms with Crippen LogP contribution in [0.4, 0.5) is 0 Å². The van der Waals surface area contributed by atoms with Crippen molar-refractivity contribution in [2.24, 2.45) is 0 Å². The smallest absolute Gasteiger partial charge is 0.355 e. The topological polar surface area (TPSA) is 115 Å². The Morgan fingerprint density at radius 1 is 1.55 bits per heavy atom. The normalized spacial score (nSPS) is 10.2. The molecule has 2 N–H and O–H groups in total. The number of ether oxygens (including phenoxy) is 1. The summed E-state index contributed by atoms with van der Waals surface area (Å²) in [6, 6.07) is 1.56. The minimum absolute atomic E-state index is 0.0337. The van der Waals surface area contributed by atoms with Gasteiger partial charge in [0.15, 0.2) is 12.3 Å². The second kappa shape index (κ2) is 6.15. The molecule has 8 nitrogen and oxygen atoms in total. The van der Waals surface area contributed by atoms with Gasteiger partial charge in [-0.3, -0.25) is 4.79 Å². The van der Waals surface area contributed by atoms with Crippen molar-refractivity contribution in [2.75, 3.05) is 6.61 Å². The molecule has 106 valence electrons. The molecule has 2 rings (SSSR count). The fourth-order valence-electron chi connectivity index (χ4n) is 1.27. The molecule has 1 amide bonds. The highest BCUT2D eigenvalue weighted by Crippen LogP contribution is 2.10. The molecular weight excluding hydrogens is 286 g/mol. The van der Waals surface area contributed by atoms with Crippen molar-refractivity contribution >= 4 is 23.2 Å². The minimum Gasteiger partial charge on any atom is -0.476 e. The Kier molecular flexibility index (Phi) is 4.31. The van der Waals surface area contributed by atoms with E-state index in [1.165, 1.54) is 5.38 Å². The van der Waals surface area contributed by atoms with Gasteiger partial charge in [0.2, 0.25) is 0 Å². The van der Waals surface area contributed by atoms with Crippen LogP contribution in [0.2, 0.25) is 0 Å². The van der Waals surface area contributed by atoms with E-state index in [9.17, 15) is 9.59 Å². The molecule has 0 bridgehead atoms. The van der Waals surface area contributed by atoms with Gasteiger partial charge in [-0.2, -0.15) is 0 Å². The number of carbonyl (C=O) groups excluding carboxylic acids is 1. The third-order valence-corrected chi connectivity index (χ3v) is 3.01. The van der Waals surface area contributed by atoms with Crippen LogP contribution in [0.15, 0.2) is 16.0 Å². The summed E-state index contributed by atoms with van der Waals surface area (Å²) in [4.78, 5) is 26.0. The molecule has 2 heterocycles. The summed E-state index contributed by atoms with van der Waals surface area (Å²) < 4.78 is 9.87. The van der Waals surface area contributed by atoms with Gasteiger partial charge in [0, 0.05) is 11.4 Å². The molecule has 0 aliphatic heterocycles. The Morgan fingerprint density at radius 2 is 2.35 bits per heavy atom. The summed E-state index contributed by atoms with van der Waals surface area (Å²) in [5.74, 6) is -0.634. The van der Waals surface area contributed by atoms with Gasteiger partial charge < -0.3 is 19.7 Å². The zero-order chi connectivity index (χ0) is 14.5. The Labute approximate surface area is 117 Å². The number of carbonyl (C=O) groups is 2. The number of rotatable bonds is 6. The van der Waals surface area contributed by atoms with E-state index in [0.717, 1.165) is 11.3 Å². The van der Waals surface area contributed by atoms with Gasteiger partial charge in [-0.1, -0.05) is 0 Å². The standard InChI is InChI=1S/C11H11N3O5S/c1-6-2-9(14-19-6)18-4-8(15)12-3-10-13-7(5-20-10)11(16)17/h2,5H,3-4H2,1H3,(H,12,15)(H,16,17). The minimum atomic E-state index is -1.09. The highest BCUT2D eigenvalue weighted by atomic mass is 32.1. The number of thiazole rings is 1. The van der Waals surface area contributed by atoms with Gasteiger partial charge >= 0.3 is 5.97 Å². The molecule has 9 heteroatoms. The lowest BCUT2D eigenvalue weighted by molar-refractivity contribution is -0.123. The van der Waals surface area contributed by atoms with E-state index in [0.29, 0.717) is 10.8 Å². The van der Waals surface area contributed by atoms with Gasteiger partial charge in [-0.15, -0.1) is 11.3 Å². The first kappa shape index (κ1) is 14.0. The van der Waals surface area contributed by atoms with Crippen LogP contribution >= 0.6 is 11.3 Å². The van der Waals surface area contributed by atoms with Gasteiger partial charge in [0.05, 0.1) is 6.54 Å². The molecule has 0 atom stereocenters. The summed E-state index contributed by atoms with van der Waals surface area (Å²) in [5.41, 5.74) is -0.0337. The average Bonchev–Trinajstić information content (AvgIpc) is 3.03. The number of hydrogen-bond donors (Lipinski definition) is 2. The number of aromatic nitrogens is 2. The van der Waals surface area contributed by atoms with Crippen LogP contribution < -0.4 is 10.1 Å². The van der Waals surface area contributed by atoms with Crippen molar-refractivity contribution in [3.05, 3.63) is 27.9 Å². The molecule has 0 aromatic carbocycles. The molecule has 0 fully saturated rings. The Bertz CT molecular complexity index is 621. The van der Waals surface area contributed by atoms with Crippen LogP contribution in [0.3, 0.4) is 0 Å². The second-order valence-corrected chi connectivity index (χ2v) is 4.72. The molecular formula is C11H11N3O5S. The zero-order valence-electron chi connectivity index (χ0n) is 10.5. The molecule has 0 aliphatic rings. The molecule has 0 radical (unpaired) electrons. The Morgan fingerprint density at radius 3 is 2.95 bits per heavy atom. The number of carboxylic acid groups (broad SMARTS) is 1. The SMILES string of the molecule is Cc1cc(OCC(=O)NCc2nc(C(=O)O)cs2)no1. The predicted octanol–water partition coefficient (Wildman–Crippen LogP) is 0.833. The van der Waals surface area contributed by atoms with E-state index in [-0.39, 0.29) is 30.6 Å². The van der Waals surface area contributed by atoms with E-state index in [1.807, 2.05) is 0 Å². The molecule has 0 aliphatic carbocycles. The Hall–Kier alpha value is -2.42. The summed E-state index contributed by atoms with van der Waals surface area (Å²) in [7, 11) is 0. The fraction of sp³-hybridized carbons (Fsp3) is 0.273. The number of aromatic carboxylic acids is 1. The predicted molar refractivity (Wildman–Crippen MR) is 67.7 cm³/mol. The van der Waals surface area contributed by atoms with Crippen molar-refractivity contribution in [1.29, 1.82) is 0 Å². The summed E-state index contributed by atoms with van der Waals surface area (Å²) in [6.45, 7) is 1.66. The number of carboxylic acids is 1. The van der Waals surface area contributed by atoms with Gasteiger partial charge in [-0.25, -0.2) is 9.78 Å². The fourth-order valence-corrected chi connectivity index (χ4v) is 1.97. The summed E-state index contributed by atoms with van der Waals surface area (Å²) in [5, 5.41) is 16.8. The van der Waals surface area contributed by atoms with Gasteiger partial charge in [0.1, 0.15) is 10.8 Å². The maximum atomic E-state index is 11.5. The first-order chi connectivity index (χ1) is 9.54. The monoisotopic (exact) mass is 297 g/mol. The van der Waals surface area contributed by atoms with Gasteiger partial charge in [0.25, 0.3) is 11.8 Å². The molecule has 0 saturated heterocycles. The quantitative estimate of drug-likeness (QED) is 0.811. The number of nitrogens with zero attached hydrogens (tertiary/aromatic N) is 2. The number of aryl methyl sites for hydroxylation is 1. The Balaban J connectivity index is 1.75. The van der Waals surface area contributed by atoms with Crippen molar-refractivity contribution in [2.45, 2.75) is 13.5 Å². The van der Waals surface area contributed by atoms with E-state index in [2.05, 4.69) is 15.5 Å². The van der Waals surface area contributed by atoms with Gasteiger partial charge in [-0.05, 0) is 12.1 Å². The molecule has 0 unspecified atom stereocenters. The molecule has 2 aromatic rings. The maximum absolute atomic E-state index is 11.5. The van der Waals surface area contributed by atoms with E-state index >= 15 is 0 Å². The molecule has 2 aromatic heterocycles. The summed E-state index contributed by atoms with van der Waals surface area (Å²) in [6.07, 6.45) is 0. The maximum Gasteiger partial charge on any atom is 0.355 e. The average molecular weight is 297 g/mol. The first-order valence-electron chi connectivity index (χ1n) is 5.55. The highest BCUT2D eigenvalue weighted by molar-refractivity contribution is 7.09. The third kappa shape index (κ3) is 3.79. The van der Waals surface area contributed by atoms with E-state index in [4.69, 9.17) is 14.4 Å². The van der Waals surface area contributed by atoms with Crippen LogP contribution in [0.1, 0.15) is 21.3 Å². The largest absolute Gasteiger partial charge is 0.476 e. The lowest BCUT2D eigenvalue weighted by atomic mass is 10.5. The van der Waals surface area contributed by atoms with Crippen LogP contribution in [-0.4, -0.2) is 33.7 Å². The van der Waals surface area contributed by atoms with Crippen LogP contribution in [0.25, 0.3) is 0 Å². The van der Waals surface area contributed by atoms with Crippen LogP contribution in [-0.2, 0) is 11.3 Å². The van der Waals surface area contributed by atoms with Crippen molar-refractivity contribution in [3.8, 4) is 5.88 Å². The zero-order valence-corrected chi connectivity index (χ0v) is 11.3. The third-order valence-electron chi connectivity index (χ3n) is 2.17. The lowest BCUT2D eigenvalue weighted by Gasteiger charge is -2.03. The molecule has 0 saturated carbocycles. The number of amides is 1. The van der Waals surface area contributed by atoms with Crippen molar-refractivity contribution < 1.29 is 24.0 Å². The lowest BCUT2D eigenvalue weighted by Crippen LogP contribution is -2.28. The number of hydrogen-bond acceptors (Lipinski definition) is 7. The summed E-state index contributed by atoms with van der Waals surface area (Å²) >= 11 is 1.16. The second-order valence-electron chi connectivity index (χ2n) is 3.77. The number of nitrogens with one attached hydrogen (secondary N) is 1. The van der Waals surface area contributed by atoms with Crippen LogP contribution in [0, 0.1) is 6.92 Å². The first-order valence-corrected chi connectivity index (χ1v) is 6.43. The van der Waals surface area contributed by atoms with E-state index in [1.54, 1.807) is 13.0 Å². The van der Waals surface area contributed by atoms with Crippen molar-refractivity contribution in [1.82, 2.24) is 15.5 Å². The molecule has 0 spiro atoms. The van der Waals surface area contributed by atoms with Crippen molar-refractivity contribution in [3.63, 3.8) is 0 Å². The highest BCUT2D eigenvalue weighted by Gasteiger charge is 2.10. The van der Waals surface area contributed by atoms with Crippen LogP contribution in [0.5, 0.6) is 5.88 Å². The van der Waals surface area contributed by atoms with E-state index < -0.39 is 5.97 Å².